The molecule has 7 heteroatoms. The van der Waals surface area contributed by atoms with Crippen LogP contribution in [0.3, 0.4) is 0 Å². The zero-order chi connectivity index (χ0) is 20.8. The molecule has 0 aliphatic carbocycles. The summed E-state index contributed by atoms with van der Waals surface area (Å²) in [6, 6.07) is 7.29. The van der Waals surface area contributed by atoms with Crippen molar-refractivity contribution in [2.45, 2.75) is 44.8 Å². The molecule has 3 heterocycles. The predicted molar refractivity (Wildman–Crippen MR) is 105 cm³/mol. The first-order valence-electron chi connectivity index (χ1n) is 9.99. The SMILES string of the molecule is COc1ccc2nccc([C@H](OC(C)=O)[C@H]3CCC4CN3C[C@@H]4C(C)(F)F)c2c1. The smallest absolute Gasteiger partial charge is 0.303 e. The van der Waals surface area contributed by atoms with E-state index in [1.165, 1.54) is 6.92 Å². The molecule has 0 spiro atoms. The van der Waals surface area contributed by atoms with Gasteiger partial charge >= 0.3 is 5.97 Å². The lowest BCUT2D eigenvalue weighted by molar-refractivity contribution is -0.151. The maximum Gasteiger partial charge on any atom is 0.303 e. The van der Waals surface area contributed by atoms with Gasteiger partial charge in [0.05, 0.1) is 18.7 Å². The first kappa shape index (κ1) is 20.0. The number of esters is 1. The zero-order valence-electron chi connectivity index (χ0n) is 16.9. The second kappa shape index (κ2) is 7.52. The summed E-state index contributed by atoms with van der Waals surface area (Å²) in [4.78, 5) is 18.4. The molecule has 0 radical (unpaired) electrons. The Bertz CT molecular complexity index is 915. The largest absolute Gasteiger partial charge is 0.497 e. The Balaban J connectivity index is 1.73. The van der Waals surface area contributed by atoms with Crippen molar-refractivity contribution in [2.75, 3.05) is 20.2 Å². The number of methoxy groups -OCH3 is 1. The van der Waals surface area contributed by atoms with Crippen LogP contribution in [-0.4, -0.2) is 48.0 Å². The average molecular weight is 404 g/mol. The molecule has 2 bridgehead atoms. The molecule has 0 saturated carbocycles. The quantitative estimate of drug-likeness (QED) is 0.699. The van der Waals surface area contributed by atoms with E-state index in [-0.39, 0.29) is 17.9 Å². The lowest BCUT2D eigenvalue weighted by Gasteiger charge is -2.37. The van der Waals surface area contributed by atoms with Crippen molar-refractivity contribution in [3.8, 4) is 5.75 Å². The molecular formula is C22H26F2N2O3. The van der Waals surface area contributed by atoms with Gasteiger partial charge in [0.2, 0.25) is 5.92 Å². The van der Waals surface area contributed by atoms with Crippen LogP contribution in [0.5, 0.6) is 5.75 Å². The fourth-order valence-corrected chi connectivity index (χ4v) is 5.00. The van der Waals surface area contributed by atoms with Gasteiger partial charge in [-0.1, -0.05) is 0 Å². The maximum absolute atomic E-state index is 14.1. The van der Waals surface area contributed by atoms with Gasteiger partial charge < -0.3 is 9.47 Å². The summed E-state index contributed by atoms with van der Waals surface area (Å²) in [5, 5.41) is 0.844. The fraction of sp³-hybridized carbons (Fsp3) is 0.545. The standard InChI is InChI=1S/C22H26F2N2O3/c1-13(27)29-21(16-8-9-25-19-6-5-15(28-3)10-17(16)19)20-7-4-14-11-26(20)12-18(14)22(2,23)24/h5-6,8-10,14,18,20-21H,4,7,11-12H2,1-3H3/t14?,18-,20+,21-/m0/s1. The van der Waals surface area contributed by atoms with Crippen molar-refractivity contribution < 1.29 is 23.0 Å². The highest BCUT2D eigenvalue weighted by Crippen LogP contribution is 2.46. The highest BCUT2D eigenvalue weighted by atomic mass is 19.3. The monoisotopic (exact) mass is 404 g/mol. The third kappa shape index (κ3) is 3.80. The molecule has 2 fully saturated rings. The Hall–Kier alpha value is -2.28. The third-order valence-electron chi connectivity index (χ3n) is 6.35. The minimum Gasteiger partial charge on any atom is -0.497 e. The normalized spacial score (nSPS) is 27.6. The van der Waals surface area contributed by atoms with Gasteiger partial charge in [0, 0.05) is 43.1 Å². The number of nitrogens with zero attached hydrogens (tertiary/aromatic N) is 2. The number of hydrogen-bond donors (Lipinski definition) is 0. The molecule has 2 aliphatic heterocycles. The summed E-state index contributed by atoms with van der Waals surface area (Å²) in [5.74, 6) is -3.08. The van der Waals surface area contributed by atoms with Crippen LogP contribution in [0.1, 0.15) is 38.4 Å². The van der Waals surface area contributed by atoms with Crippen LogP contribution in [0.25, 0.3) is 10.9 Å². The summed E-state index contributed by atoms with van der Waals surface area (Å²) in [6.07, 6.45) is 2.57. The Morgan fingerprint density at radius 1 is 1.28 bits per heavy atom. The number of alkyl halides is 2. The molecule has 0 N–H and O–H groups in total. The van der Waals surface area contributed by atoms with E-state index < -0.39 is 17.9 Å². The molecule has 1 aromatic carbocycles. The minimum absolute atomic E-state index is 0.0153. The molecule has 156 valence electrons. The molecule has 0 amide bonds. The zero-order valence-corrected chi connectivity index (χ0v) is 16.9. The van der Waals surface area contributed by atoms with Gasteiger partial charge in [-0.25, -0.2) is 8.78 Å². The van der Waals surface area contributed by atoms with E-state index in [2.05, 4.69) is 9.88 Å². The van der Waals surface area contributed by atoms with Crippen molar-refractivity contribution >= 4 is 16.9 Å². The number of piperidine rings is 1. The molecule has 4 rings (SSSR count). The first-order chi connectivity index (χ1) is 13.8. The Morgan fingerprint density at radius 3 is 2.76 bits per heavy atom. The summed E-state index contributed by atoms with van der Waals surface area (Å²) in [5.41, 5.74) is 1.60. The highest BCUT2D eigenvalue weighted by molar-refractivity contribution is 5.84. The van der Waals surface area contributed by atoms with E-state index in [4.69, 9.17) is 9.47 Å². The molecule has 2 aromatic rings. The Morgan fingerprint density at radius 2 is 2.07 bits per heavy atom. The summed E-state index contributed by atoms with van der Waals surface area (Å²) >= 11 is 0. The Labute approximate surface area is 169 Å². The maximum atomic E-state index is 14.1. The van der Waals surface area contributed by atoms with E-state index in [1.807, 2.05) is 24.3 Å². The van der Waals surface area contributed by atoms with Gasteiger partial charge in [0.25, 0.3) is 0 Å². The van der Waals surface area contributed by atoms with Gasteiger partial charge in [-0.15, -0.1) is 0 Å². The second-order valence-corrected chi connectivity index (χ2v) is 8.23. The van der Waals surface area contributed by atoms with Crippen LogP contribution in [-0.2, 0) is 9.53 Å². The number of aromatic nitrogens is 1. The van der Waals surface area contributed by atoms with Gasteiger partial charge in [0.15, 0.2) is 0 Å². The molecule has 2 aliphatic rings. The molecule has 2 saturated heterocycles. The number of fused-ring (bicyclic) bond motifs is 3. The lowest BCUT2D eigenvalue weighted by atomic mass is 9.84. The van der Waals surface area contributed by atoms with Gasteiger partial charge in [-0.2, -0.15) is 0 Å². The second-order valence-electron chi connectivity index (χ2n) is 8.23. The number of halogens is 2. The molecule has 5 atom stereocenters. The summed E-state index contributed by atoms with van der Waals surface area (Å²) in [7, 11) is 1.59. The van der Waals surface area contributed by atoms with Crippen molar-refractivity contribution in [2.24, 2.45) is 11.8 Å². The van der Waals surface area contributed by atoms with Crippen LogP contribution in [0.2, 0.25) is 0 Å². The third-order valence-corrected chi connectivity index (χ3v) is 6.35. The topological polar surface area (TPSA) is 51.7 Å². The van der Waals surface area contributed by atoms with E-state index in [1.54, 1.807) is 13.3 Å². The van der Waals surface area contributed by atoms with E-state index in [0.717, 1.165) is 23.4 Å². The number of carbonyl (C=O) groups excluding carboxylic acids is 1. The van der Waals surface area contributed by atoms with Crippen molar-refractivity contribution in [3.05, 3.63) is 36.0 Å². The van der Waals surface area contributed by atoms with Gasteiger partial charge in [-0.05, 0) is 49.9 Å². The minimum atomic E-state index is -2.71. The van der Waals surface area contributed by atoms with Crippen LogP contribution in [0.15, 0.2) is 30.5 Å². The molecule has 5 nitrogen and oxygen atoms in total. The average Bonchev–Trinajstić information content (AvgIpc) is 3.02. The van der Waals surface area contributed by atoms with E-state index >= 15 is 0 Å². The van der Waals surface area contributed by atoms with Crippen LogP contribution >= 0.6 is 0 Å². The summed E-state index contributed by atoms with van der Waals surface area (Å²) in [6.45, 7) is 3.34. The highest BCUT2D eigenvalue weighted by Gasteiger charge is 2.51. The van der Waals surface area contributed by atoms with Gasteiger partial charge in [-0.3, -0.25) is 14.7 Å². The lowest BCUT2D eigenvalue weighted by Crippen LogP contribution is -2.42. The van der Waals surface area contributed by atoms with E-state index in [9.17, 15) is 13.6 Å². The number of carbonyl (C=O) groups is 1. The van der Waals surface area contributed by atoms with Crippen molar-refractivity contribution in [1.29, 1.82) is 0 Å². The molecule has 2 unspecified atom stereocenters. The Kier molecular flexibility index (Phi) is 5.19. The number of pyridine rings is 1. The molecular weight excluding hydrogens is 378 g/mol. The summed E-state index contributed by atoms with van der Waals surface area (Å²) < 4.78 is 39.3. The fourth-order valence-electron chi connectivity index (χ4n) is 5.00. The van der Waals surface area contributed by atoms with Crippen LogP contribution < -0.4 is 4.74 Å². The van der Waals surface area contributed by atoms with Crippen LogP contribution in [0.4, 0.5) is 8.78 Å². The molecule has 29 heavy (non-hydrogen) atoms. The van der Waals surface area contributed by atoms with Crippen LogP contribution in [0, 0.1) is 11.8 Å². The first-order valence-corrected chi connectivity index (χ1v) is 9.99. The molecule has 1 aromatic heterocycles. The van der Waals surface area contributed by atoms with E-state index in [0.29, 0.717) is 31.7 Å². The predicted octanol–water partition coefficient (Wildman–Crippen LogP) is 4.21. The number of hydrogen-bond acceptors (Lipinski definition) is 5. The van der Waals surface area contributed by atoms with Gasteiger partial charge in [0.1, 0.15) is 11.9 Å². The van der Waals surface area contributed by atoms with Crippen molar-refractivity contribution in [1.82, 2.24) is 9.88 Å². The number of rotatable bonds is 5. The number of ether oxygens (including phenoxy) is 2. The van der Waals surface area contributed by atoms with Crippen molar-refractivity contribution in [3.63, 3.8) is 0 Å². The number of benzene rings is 1.